The van der Waals surface area contributed by atoms with Crippen LogP contribution in [-0.4, -0.2) is 13.1 Å². The van der Waals surface area contributed by atoms with E-state index < -0.39 is 17.4 Å². The second-order valence-electron chi connectivity index (χ2n) is 5.07. The van der Waals surface area contributed by atoms with E-state index in [2.05, 4.69) is 4.74 Å². The van der Waals surface area contributed by atoms with Gasteiger partial charge < -0.3 is 9.15 Å². The summed E-state index contributed by atoms with van der Waals surface area (Å²) in [6.45, 7) is 0. The van der Waals surface area contributed by atoms with E-state index in [9.17, 15) is 14.0 Å². The quantitative estimate of drug-likeness (QED) is 0.543. The van der Waals surface area contributed by atoms with Gasteiger partial charge in [0.25, 0.3) is 0 Å². The van der Waals surface area contributed by atoms with Crippen molar-refractivity contribution in [3.8, 4) is 11.3 Å². The Kier molecular flexibility index (Phi) is 4.24. The number of ether oxygens (including phenoxy) is 1. The van der Waals surface area contributed by atoms with Crippen molar-refractivity contribution in [2.24, 2.45) is 0 Å². The van der Waals surface area contributed by atoms with Gasteiger partial charge in [0.2, 0.25) is 0 Å². The Morgan fingerprint density at radius 1 is 1.17 bits per heavy atom. The number of carbonyl (C=O) groups excluding carboxylic acids is 1. The molecular formula is C19H13FO4. The summed E-state index contributed by atoms with van der Waals surface area (Å²) in [5, 5.41) is 1.19. The van der Waals surface area contributed by atoms with Crippen molar-refractivity contribution in [2.45, 2.75) is 0 Å². The van der Waals surface area contributed by atoms with E-state index >= 15 is 0 Å². The lowest BCUT2D eigenvalue weighted by molar-refractivity contribution is -0.134. The zero-order valence-corrected chi connectivity index (χ0v) is 12.8. The van der Waals surface area contributed by atoms with Crippen molar-refractivity contribution < 1.29 is 18.3 Å². The summed E-state index contributed by atoms with van der Waals surface area (Å²) < 4.78 is 23.5. The highest BCUT2D eigenvalue weighted by molar-refractivity contribution is 5.90. The van der Waals surface area contributed by atoms with Crippen LogP contribution in [0, 0.1) is 5.82 Å². The van der Waals surface area contributed by atoms with Gasteiger partial charge >= 0.3 is 11.6 Å². The van der Waals surface area contributed by atoms with Gasteiger partial charge in [0.05, 0.1) is 12.5 Å². The first-order valence-electron chi connectivity index (χ1n) is 7.17. The highest BCUT2D eigenvalue weighted by Crippen LogP contribution is 2.27. The lowest BCUT2D eigenvalue weighted by atomic mass is 10.0. The molecule has 24 heavy (non-hydrogen) atoms. The van der Waals surface area contributed by atoms with E-state index in [0.29, 0.717) is 22.3 Å². The number of carbonyl (C=O) groups is 1. The fourth-order valence-corrected chi connectivity index (χ4v) is 2.39. The van der Waals surface area contributed by atoms with Gasteiger partial charge in [0.1, 0.15) is 11.6 Å². The van der Waals surface area contributed by atoms with E-state index in [-0.39, 0.29) is 0 Å². The summed E-state index contributed by atoms with van der Waals surface area (Å²) in [6.07, 6.45) is 2.59. The number of benzene rings is 2. The Bertz CT molecular complexity index is 1000. The van der Waals surface area contributed by atoms with E-state index in [4.69, 9.17) is 4.42 Å². The zero-order valence-electron chi connectivity index (χ0n) is 12.8. The molecule has 120 valence electrons. The molecule has 0 fully saturated rings. The van der Waals surface area contributed by atoms with Crippen LogP contribution < -0.4 is 5.63 Å². The maximum Gasteiger partial charge on any atom is 0.344 e. The summed E-state index contributed by atoms with van der Waals surface area (Å²) in [5.74, 6) is -0.736. The predicted octanol–water partition coefficient (Wildman–Crippen LogP) is 3.79. The first-order chi connectivity index (χ1) is 11.6. The molecule has 0 radical (unpaired) electrons. The van der Waals surface area contributed by atoms with Crippen molar-refractivity contribution in [2.75, 3.05) is 7.11 Å². The van der Waals surface area contributed by atoms with Gasteiger partial charge in [0.15, 0.2) is 0 Å². The molecule has 0 aliphatic heterocycles. The number of rotatable bonds is 3. The normalized spacial score (nSPS) is 11.1. The molecule has 2 aromatic carbocycles. The standard InChI is InChI=1S/C19H13FO4/c1-23-18(21)9-6-13-10-14(20)7-8-15(13)17-11-12-4-2-3-5-16(12)19(22)24-17/h2-11H,1H3/b9-6+. The average Bonchev–Trinajstić information content (AvgIpc) is 2.59. The topological polar surface area (TPSA) is 56.5 Å². The largest absolute Gasteiger partial charge is 0.466 e. The third-order valence-electron chi connectivity index (χ3n) is 3.55. The molecular weight excluding hydrogens is 311 g/mol. The number of hydrogen-bond acceptors (Lipinski definition) is 4. The van der Waals surface area contributed by atoms with E-state index in [1.807, 2.05) is 6.07 Å². The Hall–Kier alpha value is -3.21. The van der Waals surface area contributed by atoms with Gasteiger partial charge in [0, 0.05) is 11.6 Å². The Balaban J connectivity index is 2.17. The Morgan fingerprint density at radius 3 is 2.75 bits per heavy atom. The summed E-state index contributed by atoms with van der Waals surface area (Å²) >= 11 is 0. The van der Waals surface area contributed by atoms with Crippen LogP contribution in [0.4, 0.5) is 4.39 Å². The molecule has 3 aromatic rings. The molecule has 0 amide bonds. The molecule has 3 rings (SSSR count). The minimum absolute atomic E-state index is 0.295. The molecule has 1 heterocycles. The average molecular weight is 324 g/mol. The predicted molar refractivity (Wildman–Crippen MR) is 88.9 cm³/mol. The zero-order chi connectivity index (χ0) is 17.1. The summed E-state index contributed by atoms with van der Waals surface area (Å²) in [6, 6.07) is 12.8. The highest BCUT2D eigenvalue weighted by atomic mass is 19.1. The maximum absolute atomic E-state index is 13.6. The first-order valence-corrected chi connectivity index (χ1v) is 7.17. The van der Waals surface area contributed by atoms with Gasteiger partial charge in [-0.05, 0) is 47.4 Å². The molecule has 5 heteroatoms. The maximum atomic E-state index is 13.6. The highest BCUT2D eigenvalue weighted by Gasteiger charge is 2.10. The molecule has 4 nitrogen and oxygen atoms in total. The van der Waals surface area contributed by atoms with Crippen molar-refractivity contribution in [1.29, 1.82) is 0 Å². The van der Waals surface area contributed by atoms with E-state index in [0.717, 1.165) is 5.39 Å². The van der Waals surface area contributed by atoms with Gasteiger partial charge in [-0.15, -0.1) is 0 Å². The Morgan fingerprint density at radius 2 is 1.96 bits per heavy atom. The fourth-order valence-electron chi connectivity index (χ4n) is 2.39. The van der Waals surface area contributed by atoms with Crippen LogP contribution in [-0.2, 0) is 9.53 Å². The van der Waals surface area contributed by atoms with E-state index in [1.165, 1.54) is 37.5 Å². The van der Waals surface area contributed by atoms with Crippen LogP contribution in [0.15, 0.2) is 63.8 Å². The lowest BCUT2D eigenvalue weighted by Crippen LogP contribution is -2.00. The number of fused-ring (bicyclic) bond motifs is 1. The molecule has 0 atom stereocenters. The number of methoxy groups -OCH3 is 1. The van der Waals surface area contributed by atoms with Crippen LogP contribution in [0.2, 0.25) is 0 Å². The van der Waals surface area contributed by atoms with Crippen molar-refractivity contribution in [3.63, 3.8) is 0 Å². The van der Waals surface area contributed by atoms with E-state index in [1.54, 1.807) is 24.3 Å². The van der Waals surface area contributed by atoms with Crippen LogP contribution in [0.25, 0.3) is 28.2 Å². The molecule has 0 unspecified atom stereocenters. The fraction of sp³-hybridized carbons (Fsp3) is 0.0526. The molecule has 0 aliphatic carbocycles. The summed E-state index contributed by atoms with van der Waals surface area (Å²) in [5.41, 5.74) is 0.425. The molecule has 0 saturated carbocycles. The molecule has 1 aromatic heterocycles. The van der Waals surface area contributed by atoms with Gasteiger partial charge in [-0.2, -0.15) is 0 Å². The van der Waals surface area contributed by atoms with Gasteiger partial charge in [-0.25, -0.2) is 14.0 Å². The Labute approximate surface area is 136 Å². The van der Waals surface area contributed by atoms with Crippen LogP contribution in [0.1, 0.15) is 5.56 Å². The number of esters is 1. The molecule has 0 aliphatic rings. The lowest BCUT2D eigenvalue weighted by Gasteiger charge is -2.07. The SMILES string of the molecule is COC(=O)/C=C/c1cc(F)ccc1-c1cc2ccccc2c(=O)o1. The second-order valence-corrected chi connectivity index (χ2v) is 5.07. The number of halogens is 1. The molecule has 0 saturated heterocycles. The molecule has 0 spiro atoms. The second kappa shape index (κ2) is 6.50. The summed E-state index contributed by atoms with van der Waals surface area (Å²) in [4.78, 5) is 23.4. The smallest absolute Gasteiger partial charge is 0.344 e. The number of hydrogen-bond donors (Lipinski definition) is 0. The van der Waals surface area contributed by atoms with Crippen molar-refractivity contribution >= 4 is 22.8 Å². The summed E-state index contributed by atoms with van der Waals surface area (Å²) in [7, 11) is 1.25. The first kappa shape index (κ1) is 15.7. The van der Waals surface area contributed by atoms with Gasteiger partial charge in [-0.1, -0.05) is 18.2 Å². The van der Waals surface area contributed by atoms with Crippen LogP contribution in [0.3, 0.4) is 0 Å². The van der Waals surface area contributed by atoms with Crippen LogP contribution >= 0.6 is 0 Å². The van der Waals surface area contributed by atoms with Crippen molar-refractivity contribution in [3.05, 3.63) is 76.4 Å². The van der Waals surface area contributed by atoms with Crippen molar-refractivity contribution in [1.82, 2.24) is 0 Å². The van der Waals surface area contributed by atoms with Crippen LogP contribution in [0.5, 0.6) is 0 Å². The molecule has 0 N–H and O–H groups in total. The van der Waals surface area contributed by atoms with Gasteiger partial charge in [-0.3, -0.25) is 0 Å². The monoisotopic (exact) mass is 324 g/mol. The minimum atomic E-state index is -0.565. The minimum Gasteiger partial charge on any atom is -0.466 e. The third kappa shape index (κ3) is 3.10. The third-order valence-corrected chi connectivity index (χ3v) is 3.55. The molecule has 0 bridgehead atoms.